The molecule has 1 N–H and O–H groups in total. The largest absolute Gasteiger partial charge is 1.00 e. The Kier molecular flexibility index (Phi) is 9.64. The van der Waals surface area contributed by atoms with Crippen molar-refractivity contribution in [2.24, 2.45) is 5.92 Å². The zero-order valence-electron chi connectivity index (χ0n) is 22.3. The molecule has 1 aliphatic carbocycles. The highest BCUT2D eigenvalue weighted by atomic mass is 79.9. The summed E-state index contributed by atoms with van der Waals surface area (Å²) in [7, 11) is 2.23. The molecule has 1 heterocycles. The molecule has 5 nitrogen and oxygen atoms in total. The van der Waals surface area contributed by atoms with Gasteiger partial charge >= 0.3 is 5.97 Å². The van der Waals surface area contributed by atoms with Crippen LogP contribution in [0, 0.1) is 26.7 Å². The first-order valence-electron chi connectivity index (χ1n) is 13.2. The molecule has 0 aromatic heterocycles. The van der Waals surface area contributed by atoms with Crippen molar-refractivity contribution in [2.45, 2.75) is 71.0 Å². The fourth-order valence-corrected chi connectivity index (χ4v) is 6.24. The Hall–Kier alpha value is -1.89. The number of likely N-dealkylation sites (tertiary alicyclic amines) is 1. The number of hydrogen-bond acceptors (Lipinski definition) is 4. The van der Waals surface area contributed by atoms with E-state index < -0.39 is 11.6 Å². The number of aliphatic hydroxyl groups is 1. The molecule has 198 valence electrons. The van der Waals surface area contributed by atoms with Crippen LogP contribution in [0.5, 0.6) is 5.75 Å². The van der Waals surface area contributed by atoms with Crippen LogP contribution in [0.4, 0.5) is 0 Å². The van der Waals surface area contributed by atoms with Gasteiger partial charge in [-0.2, -0.15) is 0 Å². The van der Waals surface area contributed by atoms with Crippen molar-refractivity contribution in [1.82, 2.24) is 0 Å². The number of halogens is 1. The number of likely N-dealkylation sites (N-methyl/N-ethyl adjacent to an activating group) is 1. The Morgan fingerprint density at radius 3 is 2.33 bits per heavy atom. The molecule has 3 unspecified atom stereocenters. The highest BCUT2D eigenvalue weighted by Crippen LogP contribution is 2.42. The third-order valence-electron chi connectivity index (χ3n) is 8.07. The van der Waals surface area contributed by atoms with Gasteiger partial charge < -0.3 is 36.0 Å². The number of carbonyl (C=O) groups excluding carboxylic acids is 1. The number of rotatable bonds is 9. The van der Waals surface area contributed by atoms with Crippen molar-refractivity contribution in [3.05, 3.63) is 64.7 Å². The number of carbonyl (C=O) groups is 1. The normalized spacial score (nSPS) is 23.6. The topological polar surface area (TPSA) is 55.8 Å². The van der Waals surface area contributed by atoms with E-state index >= 15 is 0 Å². The van der Waals surface area contributed by atoms with Crippen LogP contribution in [0.25, 0.3) is 0 Å². The number of aryl methyl sites for hydroxylation is 3. The molecule has 0 spiro atoms. The van der Waals surface area contributed by atoms with Gasteiger partial charge in [0, 0.05) is 18.8 Å². The maximum atomic E-state index is 13.4. The van der Waals surface area contributed by atoms with E-state index in [4.69, 9.17) is 9.47 Å². The van der Waals surface area contributed by atoms with E-state index in [1.807, 2.05) is 30.3 Å². The zero-order valence-corrected chi connectivity index (χ0v) is 23.9. The second-order valence-corrected chi connectivity index (χ2v) is 11.1. The van der Waals surface area contributed by atoms with Gasteiger partial charge in [0.25, 0.3) is 0 Å². The Bertz CT molecular complexity index is 1000. The van der Waals surface area contributed by atoms with Gasteiger partial charge in [0.15, 0.2) is 11.7 Å². The van der Waals surface area contributed by atoms with Crippen molar-refractivity contribution in [3.8, 4) is 5.75 Å². The standard InChI is InChI=1S/C30H42NO4.BrH/c1-22-19-23(2)28(24(3)20-22)34-18-10-16-31(4)17-15-27(21-31)35-29(32)30(33,26-13-8-9-14-26)25-11-6-5-7-12-25;/h5-7,11-12,19-20,26-27,33H,8-10,13-18,21H2,1-4H3;1H/q+1;/p-1. The van der Waals surface area contributed by atoms with Crippen LogP contribution in [0.15, 0.2) is 42.5 Å². The van der Waals surface area contributed by atoms with Gasteiger partial charge in [0.05, 0.1) is 26.7 Å². The Labute approximate surface area is 227 Å². The minimum Gasteiger partial charge on any atom is -1.00 e. The average Bonchev–Trinajstić information content (AvgIpc) is 3.49. The van der Waals surface area contributed by atoms with E-state index in [0.717, 1.165) is 68.4 Å². The average molecular weight is 561 g/mol. The predicted octanol–water partition coefficient (Wildman–Crippen LogP) is 2.22. The molecule has 1 aliphatic heterocycles. The summed E-state index contributed by atoms with van der Waals surface area (Å²) >= 11 is 0. The monoisotopic (exact) mass is 559 g/mol. The maximum Gasteiger partial charge on any atom is 0.343 e. The summed E-state index contributed by atoms with van der Waals surface area (Å²) in [6.45, 7) is 9.72. The summed E-state index contributed by atoms with van der Waals surface area (Å²) in [5, 5.41) is 11.7. The van der Waals surface area contributed by atoms with Crippen molar-refractivity contribution in [3.63, 3.8) is 0 Å². The molecule has 2 aromatic carbocycles. The van der Waals surface area contributed by atoms with Gasteiger partial charge in [-0.05, 0) is 50.3 Å². The molecule has 36 heavy (non-hydrogen) atoms. The fourth-order valence-electron chi connectivity index (χ4n) is 6.24. The van der Waals surface area contributed by atoms with Gasteiger partial charge in [0.1, 0.15) is 12.3 Å². The van der Waals surface area contributed by atoms with Gasteiger partial charge in [-0.25, -0.2) is 4.79 Å². The van der Waals surface area contributed by atoms with Crippen LogP contribution in [-0.2, 0) is 15.1 Å². The lowest BCUT2D eigenvalue weighted by molar-refractivity contribution is -0.899. The first-order valence-corrected chi connectivity index (χ1v) is 13.2. The van der Waals surface area contributed by atoms with Crippen molar-refractivity contribution < 1.29 is 40.8 Å². The summed E-state index contributed by atoms with van der Waals surface area (Å²) in [5.74, 6) is 0.451. The van der Waals surface area contributed by atoms with Crippen LogP contribution in [0.3, 0.4) is 0 Å². The third-order valence-corrected chi connectivity index (χ3v) is 8.07. The van der Waals surface area contributed by atoms with Crippen molar-refractivity contribution in [1.29, 1.82) is 0 Å². The van der Waals surface area contributed by atoms with Gasteiger partial charge in [0.2, 0.25) is 0 Å². The molecule has 3 atom stereocenters. The van der Waals surface area contributed by atoms with Crippen LogP contribution in [-0.4, -0.2) is 55.0 Å². The first-order chi connectivity index (χ1) is 16.7. The minimum absolute atomic E-state index is 0. The SMILES string of the molecule is Cc1cc(C)c(OCCC[N+]2(C)CCC(OC(=O)C(O)(c3ccccc3)C3CCCC3)C2)c(C)c1.[Br-]. The summed E-state index contributed by atoms with van der Waals surface area (Å²) in [5.41, 5.74) is 2.73. The second kappa shape index (κ2) is 12.1. The first kappa shape index (κ1) is 28.7. The molecule has 1 saturated heterocycles. The Morgan fingerprint density at radius 1 is 1.06 bits per heavy atom. The highest BCUT2D eigenvalue weighted by Gasteiger charge is 2.49. The number of nitrogens with zero attached hydrogens (tertiary/aromatic N) is 1. The quantitative estimate of drug-likeness (QED) is 0.291. The minimum atomic E-state index is -1.55. The lowest BCUT2D eigenvalue weighted by Gasteiger charge is -2.33. The van der Waals surface area contributed by atoms with Crippen molar-refractivity contribution in [2.75, 3.05) is 33.3 Å². The summed E-state index contributed by atoms with van der Waals surface area (Å²) < 4.78 is 13.0. The van der Waals surface area contributed by atoms with E-state index in [0.29, 0.717) is 12.2 Å². The van der Waals surface area contributed by atoms with Crippen LogP contribution >= 0.6 is 0 Å². The lowest BCUT2D eigenvalue weighted by Crippen LogP contribution is -3.00. The van der Waals surface area contributed by atoms with E-state index in [1.54, 1.807) is 0 Å². The summed E-state index contributed by atoms with van der Waals surface area (Å²) in [4.78, 5) is 13.4. The molecule has 2 fully saturated rings. The third kappa shape index (κ3) is 6.32. The molecule has 1 saturated carbocycles. The molecule has 0 bridgehead atoms. The Balaban J connectivity index is 0.00000361. The maximum absolute atomic E-state index is 13.4. The zero-order chi connectivity index (χ0) is 25.1. The van der Waals surface area contributed by atoms with E-state index in [-0.39, 0.29) is 29.0 Å². The predicted molar refractivity (Wildman–Crippen MR) is 138 cm³/mol. The second-order valence-electron chi connectivity index (χ2n) is 11.1. The number of ether oxygens (including phenoxy) is 2. The number of benzene rings is 2. The molecule has 4 rings (SSSR count). The van der Waals surface area contributed by atoms with E-state index in [2.05, 4.69) is 40.0 Å². The molecule has 2 aliphatic rings. The highest BCUT2D eigenvalue weighted by molar-refractivity contribution is 5.81. The fraction of sp³-hybridized carbons (Fsp3) is 0.567. The smallest absolute Gasteiger partial charge is 0.343 e. The Morgan fingerprint density at radius 2 is 1.69 bits per heavy atom. The number of hydrogen-bond donors (Lipinski definition) is 1. The van der Waals surface area contributed by atoms with Crippen LogP contribution < -0.4 is 21.7 Å². The molecular formula is C30H42BrNO4. The van der Waals surface area contributed by atoms with Gasteiger partial charge in [-0.3, -0.25) is 0 Å². The van der Waals surface area contributed by atoms with Gasteiger partial charge in [-0.1, -0.05) is 60.9 Å². The lowest BCUT2D eigenvalue weighted by atomic mass is 9.80. The number of esters is 1. The molecule has 0 radical (unpaired) electrons. The molecule has 0 amide bonds. The summed E-state index contributed by atoms with van der Waals surface area (Å²) in [6.07, 6.45) is 5.43. The van der Waals surface area contributed by atoms with Crippen LogP contribution in [0.1, 0.15) is 60.8 Å². The molecular weight excluding hydrogens is 518 g/mol. The molecule has 6 heteroatoms. The van der Waals surface area contributed by atoms with E-state index in [9.17, 15) is 9.90 Å². The number of quaternary nitrogens is 1. The van der Waals surface area contributed by atoms with Crippen molar-refractivity contribution >= 4 is 5.97 Å². The van der Waals surface area contributed by atoms with Crippen LogP contribution in [0.2, 0.25) is 0 Å². The van der Waals surface area contributed by atoms with Gasteiger partial charge in [-0.15, -0.1) is 0 Å². The summed E-state index contributed by atoms with van der Waals surface area (Å²) in [6, 6.07) is 13.7. The molecule has 2 aromatic rings. The van der Waals surface area contributed by atoms with E-state index in [1.165, 1.54) is 16.7 Å².